The standard InChI is InChI=1S/C15H17NOS2/c17-13(14-7-4-8-18-14)9-15-16-12(10-19-15)11-5-2-1-3-6-11/h1-3,5-6,10,13-14,17H,4,7-9H2. The van der Waals surface area contributed by atoms with Crippen molar-refractivity contribution in [1.29, 1.82) is 0 Å². The van der Waals surface area contributed by atoms with Gasteiger partial charge in [0.2, 0.25) is 0 Å². The molecule has 1 saturated heterocycles. The zero-order valence-electron chi connectivity index (χ0n) is 10.7. The van der Waals surface area contributed by atoms with E-state index in [1.165, 1.54) is 12.2 Å². The largest absolute Gasteiger partial charge is 0.392 e. The van der Waals surface area contributed by atoms with E-state index >= 15 is 0 Å². The van der Waals surface area contributed by atoms with Gasteiger partial charge in [-0.2, -0.15) is 11.8 Å². The molecule has 1 aromatic heterocycles. The van der Waals surface area contributed by atoms with Gasteiger partial charge >= 0.3 is 0 Å². The third kappa shape index (κ3) is 3.19. The van der Waals surface area contributed by atoms with E-state index in [4.69, 9.17) is 0 Å². The van der Waals surface area contributed by atoms with E-state index in [1.807, 2.05) is 30.0 Å². The van der Waals surface area contributed by atoms with Crippen LogP contribution in [0.25, 0.3) is 11.3 Å². The number of hydrogen-bond acceptors (Lipinski definition) is 4. The van der Waals surface area contributed by atoms with Crippen LogP contribution in [-0.2, 0) is 6.42 Å². The number of aromatic nitrogens is 1. The lowest BCUT2D eigenvalue weighted by Gasteiger charge is -2.15. The Hall–Kier alpha value is -0.840. The second-order valence-corrected chi connectivity index (χ2v) is 7.11. The molecule has 0 spiro atoms. The molecule has 1 fully saturated rings. The zero-order valence-corrected chi connectivity index (χ0v) is 12.3. The fourth-order valence-electron chi connectivity index (χ4n) is 2.36. The molecule has 1 aliphatic rings. The van der Waals surface area contributed by atoms with Crippen molar-refractivity contribution < 1.29 is 5.11 Å². The second kappa shape index (κ2) is 6.07. The third-order valence-corrected chi connectivity index (χ3v) is 5.77. The van der Waals surface area contributed by atoms with Gasteiger partial charge in [-0.15, -0.1) is 11.3 Å². The molecule has 0 aliphatic carbocycles. The molecule has 3 rings (SSSR count). The Morgan fingerprint density at radius 3 is 2.89 bits per heavy atom. The van der Waals surface area contributed by atoms with Gasteiger partial charge in [-0.1, -0.05) is 30.3 Å². The van der Waals surface area contributed by atoms with Crippen LogP contribution in [0.2, 0.25) is 0 Å². The highest BCUT2D eigenvalue weighted by molar-refractivity contribution is 8.00. The van der Waals surface area contributed by atoms with Crippen molar-refractivity contribution in [3.05, 3.63) is 40.7 Å². The lowest BCUT2D eigenvalue weighted by molar-refractivity contribution is 0.170. The number of hydrogen-bond donors (Lipinski definition) is 1. The van der Waals surface area contributed by atoms with Gasteiger partial charge in [0.05, 0.1) is 16.8 Å². The summed E-state index contributed by atoms with van der Waals surface area (Å²) in [7, 11) is 0. The average Bonchev–Trinajstić information content (AvgIpc) is 3.11. The molecule has 0 saturated carbocycles. The summed E-state index contributed by atoms with van der Waals surface area (Å²) in [6.07, 6.45) is 2.82. The normalized spacial score (nSPS) is 20.6. The third-order valence-electron chi connectivity index (χ3n) is 3.40. The van der Waals surface area contributed by atoms with Crippen molar-refractivity contribution in [2.75, 3.05) is 5.75 Å². The Balaban J connectivity index is 1.68. The number of aliphatic hydroxyl groups excluding tert-OH is 1. The van der Waals surface area contributed by atoms with Crippen LogP contribution in [0.4, 0.5) is 0 Å². The predicted octanol–water partition coefficient (Wildman–Crippen LogP) is 3.61. The van der Waals surface area contributed by atoms with Gasteiger partial charge in [0.1, 0.15) is 0 Å². The van der Waals surface area contributed by atoms with Crippen molar-refractivity contribution in [2.45, 2.75) is 30.6 Å². The summed E-state index contributed by atoms with van der Waals surface area (Å²) < 4.78 is 0. The maximum absolute atomic E-state index is 10.2. The molecule has 2 unspecified atom stereocenters. The molecule has 100 valence electrons. The first kappa shape index (κ1) is 13.2. The van der Waals surface area contributed by atoms with Crippen LogP contribution in [0.15, 0.2) is 35.7 Å². The van der Waals surface area contributed by atoms with E-state index in [0.717, 1.165) is 22.7 Å². The monoisotopic (exact) mass is 291 g/mol. The highest BCUT2D eigenvalue weighted by Gasteiger charge is 2.24. The summed E-state index contributed by atoms with van der Waals surface area (Å²) in [5.41, 5.74) is 2.17. The first-order valence-electron chi connectivity index (χ1n) is 6.62. The summed E-state index contributed by atoms with van der Waals surface area (Å²) in [6.45, 7) is 0. The van der Waals surface area contributed by atoms with Gasteiger partial charge in [-0.25, -0.2) is 4.98 Å². The van der Waals surface area contributed by atoms with E-state index in [2.05, 4.69) is 22.5 Å². The van der Waals surface area contributed by atoms with E-state index in [0.29, 0.717) is 11.7 Å². The van der Waals surface area contributed by atoms with Crippen molar-refractivity contribution in [3.8, 4) is 11.3 Å². The summed E-state index contributed by atoms with van der Waals surface area (Å²) >= 11 is 3.55. The number of rotatable bonds is 4. The molecular weight excluding hydrogens is 274 g/mol. The molecule has 0 radical (unpaired) electrons. The van der Waals surface area contributed by atoms with E-state index < -0.39 is 0 Å². The molecule has 4 heteroatoms. The molecule has 2 heterocycles. The summed E-state index contributed by atoms with van der Waals surface area (Å²) in [6, 6.07) is 10.2. The Labute approximate surface area is 121 Å². The second-order valence-electron chi connectivity index (χ2n) is 4.82. The molecule has 1 aromatic carbocycles. The molecule has 2 atom stereocenters. The van der Waals surface area contributed by atoms with E-state index in [-0.39, 0.29) is 6.10 Å². The molecule has 1 aliphatic heterocycles. The lowest BCUT2D eigenvalue weighted by atomic mass is 10.1. The molecule has 0 bridgehead atoms. The fraction of sp³-hybridized carbons (Fsp3) is 0.400. The highest BCUT2D eigenvalue weighted by atomic mass is 32.2. The number of thiazole rings is 1. The van der Waals surface area contributed by atoms with Crippen molar-refractivity contribution in [3.63, 3.8) is 0 Å². The lowest BCUT2D eigenvalue weighted by Crippen LogP contribution is -2.22. The average molecular weight is 291 g/mol. The van der Waals surface area contributed by atoms with Gasteiger partial charge in [-0.05, 0) is 18.6 Å². The fourth-order valence-corrected chi connectivity index (χ4v) is 4.50. The van der Waals surface area contributed by atoms with Crippen LogP contribution in [0.5, 0.6) is 0 Å². The van der Waals surface area contributed by atoms with Crippen LogP contribution in [0.3, 0.4) is 0 Å². The topological polar surface area (TPSA) is 33.1 Å². The number of benzene rings is 1. The molecule has 1 N–H and O–H groups in total. The molecule has 2 aromatic rings. The predicted molar refractivity (Wildman–Crippen MR) is 82.7 cm³/mol. The Kier molecular flexibility index (Phi) is 4.21. The first-order chi connectivity index (χ1) is 9.33. The number of aliphatic hydroxyl groups is 1. The van der Waals surface area contributed by atoms with Crippen LogP contribution in [0, 0.1) is 0 Å². The SMILES string of the molecule is OC(Cc1nc(-c2ccccc2)cs1)C1CCCS1. The Morgan fingerprint density at radius 2 is 2.16 bits per heavy atom. The van der Waals surface area contributed by atoms with Crippen LogP contribution >= 0.6 is 23.1 Å². The van der Waals surface area contributed by atoms with Gasteiger partial charge < -0.3 is 5.11 Å². The minimum absolute atomic E-state index is 0.248. The quantitative estimate of drug-likeness (QED) is 0.934. The maximum atomic E-state index is 10.2. The highest BCUT2D eigenvalue weighted by Crippen LogP contribution is 2.31. The van der Waals surface area contributed by atoms with Crippen molar-refractivity contribution >= 4 is 23.1 Å². The van der Waals surface area contributed by atoms with Gasteiger partial charge in [0, 0.05) is 22.6 Å². The molecule has 2 nitrogen and oxygen atoms in total. The van der Waals surface area contributed by atoms with Gasteiger partial charge in [0.15, 0.2) is 0 Å². The summed E-state index contributed by atoms with van der Waals surface area (Å²) in [5, 5.41) is 13.8. The minimum Gasteiger partial charge on any atom is -0.392 e. The number of nitrogens with zero attached hydrogens (tertiary/aromatic N) is 1. The zero-order chi connectivity index (χ0) is 13.1. The van der Waals surface area contributed by atoms with Crippen molar-refractivity contribution in [2.24, 2.45) is 0 Å². The van der Waals surface area contributed by atoms with E-state index in [1.54, 1.807) is 11.3 Å². The summed E-state index contributed by atoms with van der Waals surface area (Å²) in [4.78, 5) is 4.64. The van der Waals surface area contributed by atoms with Crippen molar-refractivity contribution in [1.82, 2.24) is 4.98 Å². The van der Waals surface area contributed by atoms with Crippen LogP contribution in [0.1, 0.15) is 17.8 Å². The molecular formula is C15H17NOS2. The minimum atomic E-state index is -0.248. The van der Waals surface area contributed by atoms with Crippen LogP contribution in [-0.4, -0.2) is 27.2 Å². The Bertz CT molecular complexity index is 520. The van der Waals surface area contributed by atoms with Gasteiger partial charge in [-0.3, -0.25) is 0 Å². The van der Waals surface area contributed by atoms with E-state index in [9.17, 15) is 5.11 Å². The number of thioether (sulfide) groups is 1. The van der Waals surface area contributed by atoms with Gasteiger partial charge in [0.25, 0.3) is 0 Å². The summed E-state index contributed by atoms with van der Waals surface area (Å²) in [5.74, 6) is 1.19. The van der Waals surface area contributed by atoms with Crippen LogP contribution < -0.4 is 0 Å². The smallest absolute Gasteiger partial charge is 0.0958 e. The first-order valence-corrected chi connectivity index (χ1v) is 8.55. The maximum Gasteiger partial charge on any atom is 0.0958 e. The Morgan fingerprint density at radius 1 is 1.32 bits per heavy atom. The molecule has 19 heavy (non-hydrogen) atoms. The molecule has 0 amide bonds.